The number of hydrogen-bond acceptors (Lipinski definition) is 3. The van der Waals surface area contributed by atoms with Crippen molar-refractivity contribution in [3.63, 3.8) is 0 Å². The predicted molar refractivity (Wildman–Crippen MR) is 139 cm³/mol. The maximum absolute atomic E-state index is 14.4. The third-order valence-electron chi connectivity index (χ3n) is 6.34. The Labute approximate surface area is 205 Å². The van der Waals surface area contributed by atoms with E-state index < -0.39 is 0 Å². The molecule has 0 atom stereocenters. The maximum Gasteiger partial charge on any atom is 0.254 e. The summed E-state index contributed by atoms with van der Waals surface area (Å²) < 4.78 is 14.4. The summed E-state index contributed by atoms with van der Waals surface area (Å²) in [5.74, 6) is -0.332. The van der Waals surface area contributed by atoms with Gasteiger partial charge < -0.3 is 14.7 Å². The molecule has 1 heterocycles. The van der Waals surface area contributed by atoms with Gasteiger partial charge in [0.1, 0.15) is 5.82 Å². The number of benzene rings is 3. The number of aryl methyl sites for hydroxylation is 1. The molecule has 1 saturated heterocycles. The van der Waals surface area contributed by atoms with E-state index in [1.165, 1.54) is 11.0 Å². The Kier molecular flexibility index (Phi) is 6.94. The van der Waals surface area contributed by atoms with E-state index >= 15 is 0 Å². The lowest BCUT2D eigenvalue weighted by molar-refractivity contribution is 0.0828. The molecule has 1 amide bonds. The third-order valence-corrected chi connectivity index (χ3v) is 6.66. The van der Waals surface area contributed by atoms with E-state index in [4.69, 9.17) is 11.6 Å². The van der Waals surface area contributed by atoms with Crippen LogP contribution in [0.4, 0.5) is 10.1 Å². The lowest BCUT2D eigenvalue weighted by Crippen LogP contribution is -2.45. The molecule has 0 unspecified atom stereocenters. The molecule has 3 aromatic rings. The first-order chi connectivity index (χ1) is 16.3. The topological polar surface area (TPSA) is 26.8 Å². The van der Waals surface area contributed by atoms with Gasteiger partial charge in [0.2, 0.25) is 0 Å². The molecule has 176 valence electrons. The van der Waals surface area contributed by atoms with Crippen molar-refractivity contribution in [2.75, 3.05) is 45.2 Å². The number of piperazine rings is 1. The summed E-state index contributed by atoms with van der Waals surface area (Å²) in [6.45, 7) is 9.33. The standard InChI is InChI=1S/C28H29ClFN3O/c1-19-6-5-7-26(30)27(19)20(2)32-14-16-33(17-15-32)23-11-8-21(9-12-23)22-10-13-24(25(29)18-22)28(34)31(3)4/h5-13,18H,2,14-17H2,1,3-4H3. The van der Waals surface area contributed by atoms with Crippen molar-refractivity contribution in [3.05, 3.63) is 94.8 Å². The Morgan fingerprint density at radius 1 is 0.971 bits per heavy atom. The monoisotopic (exact) mass is 477 g/mol. The van der Waals surface area contributed by atoms with Gasteiger partial charge in [-0.2, -0.15) is 0 Å². The quantitative estimate of drug-likeness (QED) is 0.454. The Bertz CT molecular complexity index is 1190. The zero-order valence-electron chi connectivity index (χ0n) is 19.8. The number of carbonyl (C=O) groups excluding carboxylic acids is 1. The molecule has 1 fully saturated rings. The van der Waals surface area contributed by atoms with Gasteiger partial charge in [0.15, 0.2) is 0 Å². The fraction of sp³-hybridized carbons (Fsp3) is 0.250. The van der Waals surface area contributed by atoms with E-state index in [1.807, 2.05) is 25.1 Å². The highest BCUT2D eigenvalue weighted by atomic mass is 35.5. The highest BCUT2D eigenvalue weighted by molar-refractivity contribution is 6.34. The maximum atomic E-state index is 14.4. The molecule has 0 spiro atoms. The van der Waals surface area contributed by atoms with Gasteiger partial charge in [-0.25, -0.2) is 4.39 Å². The summed E-state index contributed by atoms with van der Waals surface area (Å²) in [5, 5.41) is 0.446. The Morgan fingerprint density at radius 3 is 2.21 bits per heavy atom. The SMILES string of the molecule is C=C(c1c(C)cccc1F)N1CCN(c2ccc(-c3ccc(C(=O)N(C)C)c(Cl)c3)cc2)CC1. The molecular formula is C28H29ClFN3O. The van der Waals surface area contributed by atoms with Gasteiger partial charge in [0.05, 0.1) is 10.6 Å². The van der Waals surface area contributed by atoms with Gasteiger partial charge in [-0.3, -0.25) is 4.79 Å². The molecule has 0 saturated carbocycles. The summed E-state index contributed by atoms with van der Waals surface area (Å²) in [7, 11) is 3.42. The largest absolute Gasteiger partial charge is 0.368 e. The summed E-state index contributed by atoms with van der Waals surface area (Å²) in [6.07, 6.45) is 0. The van der Waals surface area contributed by atoms with E-state index in [2.05, 4.69) is 40.6 Å². The molecule has 34 heavy (non-hydrogen) atoms. The van der Waals surface area contributed by atoms with Gasteiger partial charge >= 0.3 is 0 Å². The van der Waals surface area contributed by atoms with E-state index in [1.54, 1.807) is 26.2 Å². The smallest absolute Gasteiger partial charge is 0.254 e. The van der Waals surface area contributed by atoms with Crippen molar-refractivity contribution in [3.8, 4) is 11.1 Å². The van der Waals surface area contributed by atoms with Crippen LogP contribution in [0, 0.1) is 12.7 Å². The number of halogens is 2. The Balaban J connectivity index is 1.42. The normalized spacial score (nSPS) is 13.7. The molecule has 4 nitrogen and oxygen atoms in total. The van der Waals surface area contributed by atoms with Crippen molar-refractivity contribution >= 4 is 28.9 Å². The minimum atomic E-state index is -0.220. The second-order valence-corrected chi connectivity index (χ2v) is 9.20. The third kappa shape index (κ3) is 4.80. The fourth-order valence-electron chi connectivity index (χ4n) is 4.36. The number of rotatable bonds is 5. The van der Waals surface area contributed by atoms with Gasteiger partial charge in [-0.05, 0) is 53.9 Å². The van der Waals surface area contributed by atoms with Crippen LogP contribution in [0.15, 0.2) is 67.2 Å². The molecule has 0 aliphatic carbocycles. The number of hydrogen-bond donors (Lipinski definition) is 0. The zero-order valence-corrected chi connectivity index (χ0v) is 20.6. The number of carbonyl (C=O) groups is 1. The Morgan fingerprint density at radius 2 is 1.62 bits per heavy atom. The van der Waals surface area contributed by atoms with Crippen molar-refractivity contribution < 1.29 is 9.18 Å². The molecular weight excluding hydrogens is 449 g/mol. The average molecular weight is 478 g/mol. The molecule has 1 aliphatic rings. The zero-order chi connectivity index (χ0) is 24.4. The van der Waals surface area contributed by atoms with Crippen molar-refractivity contribution in [1.82, 2.24) is 9.80 Å². The molecule has 4 rings (SSSR count). The second-order valence-electron chi connectivity index (χ2n) is 8.79. The van der Waals surface area contributed by atoms with Gasteiger partial charge in [-0.1, -0.05) is 48.5 Å². The number of amides is 1. The molecule has 0 N–H and O–H groups in total. The van der Waals surface area contributed by atoms with E-state index in [-0.39, 0.29) is 11.7 Å². The van der Waals surface area contributed by atoms with E-state index in [9.17, 15) is 9.18 Å². The first kappa shape index (κ1) is 23.8. The second kappa shape index (κ2) is 9.90. The van der Waals surface area contributed by atoms with Gasteiger partial charge in [0.25, 0.3) is 5.91 Å². The number of anilines is 1. The lowest BCUT2D eigenvalue weighted by atomic mass is 10.0. The number of nitrogens with zero attached hydrogens (tertiary/aromatic N) is 3. The van der Waals surface area contributed by atoms with Crippen LogP contribution >= 0.6 is 11.6 Å². The van der Waals surface area contributed by atoms with E-state index in [0.29, 0.717) is 16.1 Å². The molecule has 0 aromatic heterocycles. The van der Waals surface area contributed by atoms with Crippen LogP contribution in [0.2, 0.25) is 5.02 Å². The van der Waals surface area contributed by atoms with Crippen LogP contribution in [0.5, 0.6) is 0 Å². The molecule has 3 aromatic carbocycles. The summed E-state index contributed by atoms with van der Waals surface area (Å²) in [5.41, 5.74) is 5.90. The van der Waals surface area contributed by atoms with Crippen LogP contribution in [-0.2, 0) is 0 Å². The first-order valence-corrected chi connectivity index (χ1v) is 11.7. The first-order valence-electron chi connectivity index (χ1n) is 11.3. The lowest BCUT2D eigenvalue weighted by Gasteiger charge is -2.38. The van der Waals surface area contributed by atoms with Crippen molar-refractivity contribution in [2.45, 2.75) is 6.92 Å². The summed E-state index contributed by atoms with van der Waals surface area (Å²) in [6, 6.07) is 19.0. The summed E-state index contributed by atoms with van der Waals surface area (Å²) >= 11 is 6.38. The summed E-state index contributed by atoms with van der Waals surface area (Å²) in [4.78, 5) is 18.2. The average Bonchev–Trinajstić information content (AvgIpc) is 2.83. The van der Waals surface area contributed by atoms with Crippen molar-refractivity contribution in [1.29, 1.82) is 0 Å². The minimum absolute atomic E-state index is 0.112. The Hall–Kier alpha value is -3.31. The highest BCUT2D eigenvalue weighted by Gasteiger charge is 2.21. The van der Waals surface area contributed by atoms with Crippen LogP contribution in [-0.4, -0.2) is 56.0 Å². The fourth-order valence-corrected chi connectivity index (χ4v) is 4.63. The molecule has 1 aliphatic heterocycles. The minimum Gasteiger partial charge on any atom is -0.368 e. The molecule has 0 radical (unpaired) electrons. The van der Waals surface area contributed by atoms with Crippen LogP contribution in [0.3, 0.4) is 0 Å². The molecule has 6 heteroatoms. The van der Waals surface area contributed by atoms with Gasteiger partial charge in [-0.15, -0.1) is 0 Å². The van der Waals surface area contributed by atoms with E-state index in [0.717, 1.165) is 54.3 Å². The molecule has 0 bridgehead atoms. The van der Waals surface area contributed by atoms with Crippen LogP contribution in [0.1, 0.15) is 21.5 Å². The van der Waals surface area contributed by atoms with Crippen LogP contribution in [0.25, 0.3) is 16.8 Å². The highest BCUT2D eigenvalue weighted by Crippen LogP contribution is 2.30. The predicted octanol–water partition coefficient (Wildman–Crippen LogP) is 5.95. The van der Waals surface area contributed by atoms with Crippen molar-refractivity contribution in [2.24, 2.45) is 0 Å². The van der Waals surface area contributed by atoms with Gasteiger partial charge in [0, 0.05) is 57.2 Å². The van der Waals surface area contributed by atoms with Crippen LogP contribution < -0.4 is 4.90 Å².